The highest BCUT2D eigenvalue weighted by Crippen LogP contribution is 2.24. The van der Waals surface area contributed by atoms with Crippen LogP contribution in [0.4, 0.5) is 4.39 Å². The molecule has 0 aliphatic carbocycles. The molecule has 2 aromatic rings. The number of benzene rings is 1. The molecule has 0 radical (unpaired) electrons. The topological polar surface area (TPSA) is 33.6 Å². The first kappa shape index (κ1) is 10.5. The Bertz CT molecular complexity index is 540. The molecule has 1 aromatic carbocycles. The van der Waals surface area contributed by atoms with Crippen molar-refractivity contribution in [1.82, 2.24) is 14.8 Å². The monoisotopic (exact) mass is 287 g/mol. The molecule has 1 aromatic heterocycles. The Balaban J connectivity index is 2.80. The fraction of sp³-hybridized carbons (Fsp3) is 0.111. The number of para-hydroxylation sites is 1. The zero-order valence-corrected chi connectivity index (χ0v) is 10.2. The van der Waals surface area contributed by atoms with Crippen LogP contribution < -0.4 is 0 Å². The summed E-state index contributed by atoms with van der Waals surface area (Å²) in [7, 11) is 0. The fourth-order valence-electron chi connectivity index (χ4n) is 1.34. The summed E-state index contributed by atoms with van der Waals surface area (Å²) in [6, 6.07) is 4.77. The van der Waals surface area contributed by atoms with Crippen molar-refractivity contribution in [1.29, 1.82) is 0 Å². The predicted molar refractivity (Wildman–Crippen MR) is 61.1 cm³/mol. The largest absolute Gasteiger partial charge is 0.268 e. The van der Waals surface area contributed by atoms with E-state index in [0.29, 0.717) is 20.8 Å². The minimum atomic E-state index is -0.343. The molecule has 78 valence electrons. The van der Waals surface area contributed by atoms with Gasteiger partial charge in [0.2, 0.25) is 0 Å². The van der Waals surface area contributed by atoms with Gasteiger partial charge in [-0.2, -0.15) is 5.10 Å². The molecule has 0 bridgehead atoms. The van der Waals surface area contributed by atoms with Crippen LogP contribution >= 0.6 is 28.1 Å². The Morgan fingerprint density at radius 2 is 2.27 bits per heavy atom. The minimum Gasteiger partial charge on any atom is -0.268 e. The number of nitrogens with zero attached hydrogens (tertiary/aromatic N) is 2. The summed E-state index contributed by atoms with van der Waals surface area (Å²) in [5.74, 6) is 0.274. The van der Waals surface area contributed by atoms with E-state index in [-0.39, 0.29) is 5.82 Å². The van der Waals surface area contributed by atoms with Crippen molar-refractivity contribution >= 4 is 28.1 Å². The van der Waals surface area contributed by atoms with Crippen LogP contribution in [0.15, 0.2) is 22.7 Å². The molecule has 0 atom stereocenters. The van der Waals surface area contributed by atoms with Crippen LogP contribution in [0.2, 0.25) is 0 Å². The molecular formula is C9H7BrFN3S. The Hall–Kier alpha value is -1.01. The molecule has 0 spiro atoms. The zero-order valence-electron chi connectivity index (χ0n) is 7.79. The third-order valence-corrected chi connectivity index (χ3v) is 2.91. The van der Waals surface area contributed by atoms with Crippen molar-refractivity contribution in [3.05, 3.63) is 39.1 Å². The molecule has 0 unspecified atom stereocenters. The molecule has 3 nitrogen and oxygen atoms in total. The van der Waals surface area contributed by atoms with Crippen LogP contribution in [0.1, 0.15) is 5.82 Å². The summed E-state index contributed by atoms with van der Waals surface area (Å²) in [6.07, 6.45) is 0. The van der Waals surface area contributed by atoms with Gasteiger partial charge in [-0.25, -0.2) is 4.39 Å². The first-order valence-electron chi connectivity index (χ1n) is 4.19. The number of aryl methyl sites for hydroxylation is 1. The van der Waals surface area contributed by atoms with Crippen molar-refractivity contribution in [3.63, 3.8) is 0 Å². The molecular weight excluding hydrogens is 281 g/mol. The van der Waals surface area contributed by atoms with E-state index in [1.54, 1.807) is 23.6 Å². The molecule has 0 amide bonds. The van der Waals surface area contributed by atoms with Gasteiger partial charge in [-0.05, 0) is 47.2 Å². The standard InChI is InChI=1S/C9H7BrFN3S/c1-5-12-13-9(15)14(5)8-6(10)3-2-4-7(8)11/h2-4H,1H3,(H,13,15). The van der Waals surface area contributed by atoms with E-state index in [1.807, 2.05) is 0 Å². The maximum Gasteiger partial charge on any atom is 0.199 e. The fourth-order valence-corrected chi connectivity index (χ4v) is 2.13. The Morgan fingerprint density at radius 3 is 2.80 bits per heavy atom. The molecule has 15 heavy (non-hydrogen) atoms. The van der Waals surface area contributed by atoms with Gasteiger partial charge in [0.15, 0.2) is 4.77 Å². The van der Waals surface area contributed by atoms with Gasteiger partial charge >= 0.3 is 0 Å². The van der Waals surface area contributed by atoms with Gasteiger partial charge in [-0.15, -0.1) is 0 Å². The van der Waals surface area contributed by atoms with Crippen LogP contribution in [0.3, 0.4) is 0 Å². The summed E-state index contributed by atoms with van der Waals surface area (Å²) in [6.45, 7) is 1.76. The van der Waals surface area contributed by atoms with Gasteiger partial charge in [0.1, 0.15) is 11.6 Å². The van der Waals surface area contributed by atoms with E-state index in [4.69, 9.17) is 12.2 Å². The van der Waals surface area contributed by atoms with Crippen molar-refractivity contribution in [3.8, 4) is 5.69 Å². The third kappa shape index (κ3) is 1.74. The first-order valence-corrected chi connectivity index (χ1v) is 5.40. The predicted octanol–water partition coefficient (Wildman–Crippen LogP) is 3.14. The molecule has 1 N–H and O–H groups in total. The average molecular weight is 288 g/mol. The van der Waals surface area contributed by atoms with Gasteiger partial charge in [-0.1, -0.05) is 6.07 Å². The van der Waals surface area contributed by atoms with E-state index >= 15 is 0 Å². The van der Waals surface area contributed by atoms with Crippen LogP contribution in [-0.4, -0.2) is 14.8 Å². The number of aromatic nitrogens is 3. The molecule has 1 heterocycles. The quantitative estimate of drug-likeness (QED) is 0.818. The van der Waals surface area contributed by atoms with Crippen molar-refractivity contribution in [2.45, 2.75) is 6.92 Å². The highest BCUT2D eigenvalue weighted by molar-refractivity contribution is 9.10. The lowest BCUT2D eigenvalue weighted by Crippen LogP contribution is -2.01. The number of rotatable bonds is 1. The second-order valence-electron chi connectivity index (χ2n) is 2.98. The van der Waals surface area contributed by atoms with E-state index in [9.17, 15) is 4.39 Å². The number of hydrogen-bond acceptors (Lipinski definition) is 2. The SMILES string of the molecule is Cc1n[nH]c(=S)n1-c1c(F)cccc1Br. The van der Waals surface area contributed by atoms with Crippen molar-refractivity contribution < 1.29 is 4.39 Å². The van der Waals surface area contributed by atoms with Gasteiger partial charge in [0.05, 0.1) is 5.69 Å². The van der Waals surface area contributed by atoms with Gasteiger partial charge in [-0.3, -0.25) is 9.67 Å². The molecule has 6 heteroatoms. The first-order chi connectivity index (χ1) is 7.11. The summed E-state index contributed by atoms with van der Waals surface area (Å²) in [5.41, 5.74) is 0.383. The molecule has 0 saturated heterocycles. The lowest BCUT2D eigenvalue weighted by molar-refractivity contribution is 0.614. The number of nitrogens with one attached hydrogen (secondary N) is 1. The molecule has 0 fully saturated rings. The summed E-state index contributed by atoms with van der Waals surface area (Å²) in [4.78, 5) is 0. The smallest absolute Gasteiger partial charge is 0.199 e. The minimum absolute atomic E-state index is 0.343. The van der Waals surface area contributed by atoms with Crippen molar-refractivity contribution in [2.24, 2.45) is 0 Å². The van der Waals surface area contributed by atoms with E-state index in [2.05, 4.69) is 26.1 Å². The van der Waals surface area contributed by atoms with E-state index in [1.165, 1.54) is 6.07 Å². The van der Waals surface area contributed by atoms with E-state index < -0.39 is 0 Å². The Labute approximate surface area is 99.1 Å². The highest BCUT2D eigenvalue weighted by Gasteiger charge is 2.12. The number of H-pyrrole nitrogens is 1. The molecule has 0 saturated carbocycles. The van der Waals surface area contributed by atoms with Crippen LogP contribution in [0.5, 0.6) is 0 Å². The van der Waals surface area contributed by atoms with Crippen LogP contribution in [0.25, 0.3) is 5.69 Å². The average Bonchev–Trinajstić information content (AvgIpc) is 2.49. The highest BCUT2D eigenvalue weighted by atomic mass is 79.9. The third-order valence-electron chi connectivity index (χ3n) is 2.00. The van der Waals surface area contributed by atoms with Crippen LogP contribution in [-0.2, 0) is 0 Å². The number of hydrogen-bond donors (Lipinski definition) is 1. The number of halogens is 2. The van der Waals surface area contributed by atoms with Gasteiger partial charge < -0.3 is 0 Å². The molecule has 2 rings (SSSR count). The Kier molecular flexibility index (Phi) is 2.70. The summed E-state index contributed by atoms with van der Waals surface area (Å²) in [5, 5.41) is 6.55. The maximum absolute atomic E-state index is 13.6. The lowest BCUT2D eigenvalue weighted by Gasteiger charge is -2.07. The molecule has 0 aliphatic rings. The number of aromatic amines is 1. The molecule has 0 aliphatic heterocycles. The Morgan fingerprint density at radius 1 is 1.53 bits per heavy atom. The lowest BCUT2D eigenvalue weighted by atomic mass is 10.3. The van der Waals surface area contributed by atoms with Gasteiger partial charge in [0, 0.05) is 4.47 Å². The van der Waals surface area contributed by atoms with Crippen LogP contribution in [0, 0.1) is 17.5 Å². The zero-order chi connectivity index (χ0) is 11.0. The van der Waals surface area contributed by atoms with Gasteiger partial charge in [0.25, 0.3) is 0 Å². The van der Waals surface area contributed by atoms with E-state index in [0.717, 1.165) is 0 Å². The second kappa shape index (κ2) is 3.86. The maximum atomic E-state index is 13.6. The second-order valence-corrected chi connectivity index (χ2v) is 4.22. The normalized spacial score (nSPS) is 10.6. The summed E-state index contributed by atoms with van der Waals surface area (Å²) < 4.78 is 16.2. The summed E-state index contributed by atoms with van der Waals surface area (Å²) >= 11 is 8.32. The van der Waals surface area contributed by atoms with Crippen molar-refractivity contribution in [2.75, 3.05) is 0 Å².